The van der Waals surface area contributed by atoms with Crippen molar-refractivity contribution in [2.45, 2.75) is 90.1 Å². The molecular weight excluding hydrogens is 442 g/mol. The molecule has 2 fully saturated rings. The predicted molar refractivity (Wildman–Crippen MR) is 137 cm³/mol. The monoisotopic (exact) mass is 481 g/mol. The van der Waals surface area contributed by atoms with Gasteiger partial charge in [0, 0.05) is 55.2 Å². The molecule has 0 N–H and O–H groups in total. The van der Waals surface area contributed by atoms with E-state index < -0.39 is 0 Å². The molecule has 0 radical (unpaired) electrons. The average Bonchev–Trinajstić information content (AvgIpc) is 3.10. The lowest BCUT2D eigenvalue weighted by atomic mass is 9.78. The van der Waals surface area contributed by atoms with Crippen molar-refractivity contribution in [3.63, 3.8) is 0 Å². The normalized spacial score (nSPS) is 23.7. The average molecular weight is 482 g/mol. The lowest BCUT2D eigenvalue weighted by molar-refractivity contribution is -0.119. The van der Waals surface area contributed by atoms with E-state index in [1.54, 1.807) is 11.3 Å². The highest BCUT2D eigenvalue weighted by atomic mass is 32.1. The Morgan fingerprint density at radius 2 is 1.88 bits per heavy atom. The van der Waals surface area contributed by atoms with Crippen LogP contribution >= 0.6 is 11.3 Å². The molecule has 0 spiro atoms. The topological polar surface area (TPSA) is 55.3 Å². The zero-order valence-electron chi connectivity index (χ0n) is 20.6. The fraction of sp³-hybridized carbons (Fsp3) is 0.679. The minimum Gasteiger partial charge on any atom is -0.474 e. The molecule has 1 aliphatic heterocycles. The predicted octanol–water partition coefficient (Wildman–Crippen LogP) is 5.58. The Balaban J connectivity index is 1.01. The number of ether oxygens (including phenoxy) is 1. The maximum atomic E-state index is 12.5. The van der Waals surface area contributed by atoms with Crippen molar-refractivity contribution in [2.75, 3.05) is 19.6 Å². The molecule has 184 valence electrons. The van der Waals surface area contributed by atoms with Crippen LogP contribution in [0, 0.1) is 18.8 Å². The van der Waals surface area contributed by atoms with Gasteiger partial charge in [-0.05, 0) is 75.8 Å². The van der Waals surface area contributed by atoms with Crippen LogP contribution in [-0.2, 0) is 24.1 Å². The molecule has 0 amide bonds. The first-order chi connectivity index (χ1) is 16.6. The van der Waals surface area contributed by atoms with Crippen molar-refractivity contribution < 1.29 is 9.53 Å². The van der Waals surface area contributed by atoms with Gasteiger partial charge in [0.2, 0.25) is 5.88 Å². The molecule has 2 aromatic rings. The van der Waals surface area contributed by atoms with Crippen molar-refractivity contribution >= 4 is 17.1 Å². The van der Waals surface area contributed by atoms with Crippen LogP contribution < -0.4 is 4.74 Å². The third-order valence-electron chi connectivity index (χ3n) is 8.12. The van der Waals surface area contributed by atoms with Crippen LogP contribution in [0.1, 0.15) is 78.9 Å². The van der Waals surface area contributed by atoms with Gasteiger partial charge in [0.25, 0.3) is 0 Å². The summed E-state index contributed by atoms with van der Waals surface area (Å²) in [7, 11) is 0. The first-order valence-corrected chi connectivity index (χ1v) is 14.2. The van der Waals surface area contributed by atoms with Crippen LogP contribution in [0.15, 0.2) is 18.3 Å². The standard InChI is InChI=1S/C28H39N3O2S/c1-20-29-19-26(34-20)18-24(32)17-22-7-5-21(6-8-22)11-14-31-15-12-23-9-10-28(30-27(23)13-16-31)33-25-3-2-4-25/h9-10,19,21-22,25H,2-8,11-18H2,1H3. The van der Waals surface area contributed by atoms with E-state index in [2.05, 4.69) is 22.0 Å². The van der Waals surface area contributed by atoms with Crippen LogP contribution in [-0.4, -0.2) is 46.4 Å². The molecule has 2 aliphatic carbocycles. The fourth-order valence-electron chi connectivity index (χ4n) is 5.72. The number of carbonyl (C=O) groups is 1. The largest absolute Gasteiger partial charge is 0.474 e. The van der Waals surface area contributed by atoms with Gasteiger partial charge in [-0.3, -0.25) is 4.79 Å². The number of pyridine rings is 1. The Bertz CT molecular complexity index is 962. The van der Waals surface area contributed by atoms with Gasteiger partial charge in [-0.1, -0.05) is 18.9 Å². The van der Waals surface area contributed by atoms with Gasteiger partial charge in [0.1, 0.15) is 11.9 Å². The van der Waals surface area contributed by atoms with Gasteiger partial charge in [-0.25, -0.2) is 9.97 Å². The van der Waals surface area contributed by atoms with Crippen LogP contribution in [0.2, 0.25) is 0 Å². The third-order valence-corrected chi connectivity index (χ3v) is 9.03. The number of nitrogens with zero attached hydrogens (tertiary/aromatic N) is 3. The lowest BCUT2D eigenvalue weighted by Gasteiger charge is -2.30. The maximum absolute atomic E-state index is 12.5. The second kappa shape index (κ2) is 11.3. The van der Waals surface area contributed by atoms with Gasteiger partial charge >= 0.3 is 0 Å². The molecular formula is C28H39N3O2S. The second-order valence-electron chi connectivity index (χ2n) is 10.7. The summed E-state index contributed by atoms with van der Waals surface area (Å²) in [6, 6.07) is 4.33. The van der Waals surface area contributed by atoms with Crippen LogP contribution in [0.4, 0.5) is 0 Å². The third kappa shape index (κ3) is 6.45. The van der Waals surface area contributed by atoms with Crippen molar-refractivity contribution in [1.29, 1.82) is 0 Å². The highest BCUT2D eigenvalue weighted by molar-refractivity contribution is 7.11. The van der Waals surface area contributed by atoms with E-state index in [0.29, 0.717) is 24.2 Å². The summed E-state index contributed by atoms with van der Waals surface area (Å²) >= 11 is 1.66. The molecule has 2 saturated carbocycles. The number of ketones is 1. The summed E-state index contributed by atoms with van der Waals surface area (Å²) in [4.78, 5) is 25.4. The molecule has 0 aromatic carbocycles. The van der Waals surface area contributed by atoms with Crippen LogP contribution in [0.5, 0.6) is 5.88 Å². The number of hydrogen-bond donors (Lipinski definition) is 0. The first kappa shape index (κ1) is 23.9. The van der Waals surface area contributed by atoms with E-state index in [1.165, 1.54) is 69.2 Å². The molecule has 2 aromatic heterocycles. The minimum atomic E-state index is 0.392. The molecule has 3 aliphatic rings. The Morgan fingerprint density at radius 3 is 2.62 bits per heavy atom. The van der Waals surface area contributed by atoms with E-state index in [1.807, 2.05) is 13.1 Å². The number of rotatable bonds is 9. The van der Waals surface area contributed by atoms with Crippen molar-refractivity contribution in [1.82, 2.24) is 14.9 Å². The molecule has 34 heavy (non-hydrogen) atoms. The number of hydrogen-bond acceptors (Lipinski definition) is 6. The molecule has 0 saturated heterocycles. The Hall–Kier alpha value is -1.79. The zero-order chi connectivity index (χ0) is 23.3. The van der Waals surface area contributed by atoms with Gasteiger partial charge in [-0.15, -0.1) is 11.3 Å². The highest BCUT2D eigenvalue weighted by Gasteiger charge is 2.25. The zero-order valence-corrected chi connectivity index (χ0v) is 21.5. The second-order valence-corrected chi connectivity index (χ2v) is 12.0. The number of aryl methyl sites for hydroxylation is 1. The molecule has 0 unspecified atom stereocenters. The molecule has 3 heterocycles. The summed E-state index contributed by atoms with van der Waals surface area (Å²) in [5, 5.41) is 1.05. The van der Waals surface area contributed by atoms with Crippen molar-refractivity contribution in [3.05, 3.63) is 39.5 Å². The maximum Gasteiger partial charge on any atom is 0.213 e. The Labute approximate surface area is 208 Å². The SMILES string of the molecule is Cc1ncc(CC(=O)CC2CCC(CCN3CCc4ccc(OC5CCC5)nc4CC3)CC2)s1. The van der Waals surface area contributed by atoms with Gasteiger partial charge < -0.3 is 9.64 Å². The van der Waals surface area contributed by atoms with E-state index in [-0.39, 0.29) is 0 Å². The number of carbonyl (C=O) groups excluding carboxylic acids is 1. The summed E-state index contributed by atoms with van der Waals surface area (Å²) in [5.74, 6) is 2.63. The van der Waals surface area contributed by atoms with Crippen LogP contribution in [0.25, 0.3) is 0 Å². The molecule has 6 heteroatoms. The summed E-state index contributed by atoms with van der Waals surface area (Å²) in [6.07, 6.45) is 15.7. The Morgan fingerprint density at radius 1 is 1.09 bits per heavy atom. The minimum absolute atomic E-state index is 0.392. The molecule has 5 nitrogen and oxygen atoms in total. The smallest absolute Gasteiger partial charge is 0.213 e. The first-order valence-electron chi connectivity index (χ1n) is 13.4. The summed E-state index contributed by atoms with van der Waals surface area (Å²) < 4.78 is 6.03. The molecule has 0 atom stereocenters. The van der Waals surface area contributed by atoms with E-state index in [4.69, 9.17) is 9.72 Å². The van der Waals surface area contributed by atoms with Gasteiger partial charge in [0.15, 0.2) is 0 Å². The number of Topliss-reactive ketones (excluding diaryl/α,β-unsaturated/α-hetero) is 1. The molecule has 5 rings (SSSR count). The van der Waals surface area contributed by atoms with Crippen molar-refractivity contribution in [2.24, 2.45) is 11.8 Å². The lowest BCUT2D eigenvalue weighted by Crippen LogP contribution is -2.29. The van der Waals surface area contributed by atoms with Crippen LogP contribution in [0.3, 0.4) is 0 Å². The highest BCUT2D eigenvalue weighted by Crippen LogP contribution is 2.33. The number of fused-ring (bicyclic) bond motifs is 1. The summed E-state index contributed by atoms with van der Waals surface area (Å²) in [5.41, 5.74) is 2.65. The van der Waals surface area contributed by atoms with E-state index >= 15 is 0 Å². The van der Waals surface area contributed by atoms with Gasteiger partial charge in [-0.2, -0.15) is 0 Å². The van der Waals surface area contributed by atoms with Gasteiger partial charge in [0.05, 0.1) is 5.01 Å². The number of thiazole rings is 1. The quantitative estimate of drug-likeness (QED) is 0.468. The molecule has 0 bridgehead atoms. The van der Waals surface area contributed by atoms with Crippen molar-refractivity contribution in [3.8, 4) is 5.88 Å². The van der Waals surface area contributed by atoms with E-state index in [0.717, 1.165) is 54.0 Å². The summed E-state index contributed by atoms with van der Waals surface area (Å²) in [6.45, 7) is 5.44. The number of aromatic nitrogens is 2. The Kier molecular flexibility index (Phi) is 7.95. The van der Waals surface area contributed by atoms with E-state index in [9.17, 15) is 4.79 Å². The fourth-order valence-corrected chi connectivity index (χ4v) is 6.55.